The van der Waals surface area contributed by atoms with E-state index >= 15 is 0 Å². The Kier molecular flexibility index (Phi) is 4.15. The maximum absolute atomic E-state index is 11.8. The van der Waals surface area contributed by atoms with Crippen LogP contribution in [0, 0.1) is 5.92 Å². The molecule has 0 saturated heterocycles. The Morgan fingerprint density at radius 2 is 2.22 bits per heavy atom. The van der Waals surface area contributed by atoms with E-state index in [4.69, 9.17) is 5.11 Å². The largest absolute Gasteiger partial charge is 0.478 e. The molecule has 2 rings (SSSR count). The van der Waals surface area contributed by atoms with Crippen molar-refractivity contribution in [1.82, 2.24) is 5.32 Å². The lowest BCUT2D eigenvalue weighted by atomic mass is 9.85. The number of carboxylic acids is 1. The molecule has 1 aliphatic rings. The predicted octanol–water partition coefficient (Wildman–Crippen LogP) is 2.38. The molecule has 0 aromatic carbocycles. The summed E-state index contributed by atoms with van der Waals surface area (Å²) in [6.45, 7) is 0.747. The van der Waals surface area contributed by atoms with Crippen molar-refractivity contribution in [3.8, 4) is 0 Å². The van der Waals surface area contributed by atoms with E-state index in [2.05, 4.69) is 5.32 Å². The first-order chi connectivity index (χ1) is 8.65. The molecule has 0 bridgehead atoms. The quantitative estimate of drug-likeness (QED) is 0.803. The summed E-state index contributed by atoms with van der Waals surface area (Å²) in [7, 11) is 0. The summed E-state index contributed by atoms with van der Waals surface area (Å²) in [4.78, 5) is 23.6. The molecule has 4 nitrogen and oxygen atoms in total. The Bertz CT molecular complexity index is 474. The second kappa shape index (κ2) is 5.82. The van der Waals surface area contributed by atoms with E-state index in [-0.39, 0.29) is 5.91 Å². The van der Waals surface area contributed by atoms with Gasteiger partial charge in [-0.3, -0.25) is 4.79 Å². The van der Waals surface area contributed by atoms with Gasteiger partial charge in [-0.05, 0) is 37.0 Å². The zero-order valence-electron chi connectivity index (χ0n) is 9.89. The van der Waals surface area contributed by atoms with Gasteiger partial charge in [0, 0.05) is 17.5 Å². The minimum absolute atomic E-state index is 0.0677. The molecule has 1 aromatic heterocycles. The molecule has 1 saturated carbocycles. The summed E-state index contributed by atoms with van der Waals surface area (Å²) in [5, 5.41) is 11.4. The van der Waals surface area contributed by atoms with Crippen LogP contribution < -0.4 is 5.32 Å². The minimum atomic E-state index is -0.987. The molecule has 1 heterocycles. The highest BCUT2D eigenvalue weighted by Crippen LogP contribution is 2.25. The van der Waals surface area contributed by atoms with Crippen LogP contribution >= 0.6 is 11.3 Å². The van der Waals surface area contributed by atoms with Crippen molar-refractivity contribution in [1.29, 1.82) is 0 Å². The summed E-state index contributed by atoms with van der Waals surface area (Å²) >= 11 is 1.30. The number of aliphatic carboxylic acids is 1. The van der Waals surface area contributed by atoms with Gasteiger partial charge in [-0.2, -0.15) is 0 Å². The molecular formula is C13H15NO3S. The molecular weight excluding hydrogens is 250 g/mol. The Labute approximate surface area is 109 Å². The SMILES string of the molecule is O=C(O)/C=C/c1ccc(C(=O)NCC2CCC2)s1. The molecule has 0 atom stereocenters. The first kappa shape index (κ1) is 12.8. The van der Waals surface area contributed by atoms with Gasteiger partial charge in [0.2, 0.25) is 0 Å². The molecule has 1 amide bonds. The van der Waals surface area contributed by atoms with Crippen molar-refractivity contribution in [3.63, 3.8) is 0 Å². The lowest BCUT2D eigenvalue weighted by Crippen LogP contribution is -2.31. The van der Waals surface area contributed by atoms with Crippen LogP contribution in [0.5, 0.6) is 0 Å². The number of carbonyl (C=O) groups excluding carboxylic acids is 1. The molecule has 0 spiro atoms. The van der Waals surface area contributed by atoms with Gasteiger partial charge in [-0.25, -0.2) is 4.79 Å². The van der Waals surface area contributed by atoms with Crippen molar-refractivity contribution in [2.45, 2.75) is 19.3 Å². The maximum Gasteiger partial charge on any atom is 0.328 e. The highest BCUT2D eigenvalue weighted by Gasteiger charge is 2.18. The zero-order valence-corrected chi connectivity index (χ0v) is 10.7. The smallest absolute Gasteiger partial charge is 0.328 e. The van der Waals surface area contributed by atoms with Crippen LogP contribution in [0.1, 0.15) is 33.8 Å². The summed E-state index contributed by atoms with van der Waals surface area (Å²) < 4.78 is 0. The molecule has 1 fully saturated rings. The molecule has 1 aliphatic carbocycles. The monoisotopic (exact) mass is 265 g/mol. The normalized spacial score (nSPS) is 15.6. The fraction of sp³-hybridized carbons (Fsp3) is 0.385. The third-order valence-electron chi connectivity index (χ3n) is 3.02. The first-order valence-electron chi connectivity index (χ1n) is 5.94. The summed E-state index contributed by atoms with van der Waals surface area (Å²) in [5.41, 5.74) is 0. The van der Waals surface area contributed by atoms with Crippen molar-refractivity contribution in [2.75, 3.05) is 6.54 Å². The van der Waals surface area contributed by atoms with Gasteiger partial charge in [0.15, 0.2) is 0 Å². The third kappa shape index (κ3) is 3.43. The van der Waals surface area contributed by atoms with E-state index in [0.29, 0.717) is 10.8 Å². The molecule has 1 aromatic rings. The fourth-order valence-corrected chi connectivity index (χ4v) is 2.57. The van der Waals surface area contributed by atoms with Gasteiger partial charge in [-0.1, -0.05) is 6.42 Å². The number of nitrogens with one attached hydrogen (secondary N) is 1. The van der Waals surface area contributed by atoms with E-state index in [1.165, 1.54) is 36.7 Å². The van der Waals surface area contributed by atoms with E-state index in [1.54, 1.807) is 12.1 Å². The van der Waals surface area contributed by atoms with E-state index in [0.717, 1.165) is 17.5 Å². The van der Waals surface area contributed by atoms with Crippen molar-refractivity contribution in [3.05, 3.63) is 28.0 Å². The van der Waals surface area contributed by atoms with Crippen LogP contribution in [0.4, 0.5) is 0 Å². The number of rotatable bonds is 5. The minimum Gasteiger partial charge on any atom is -0.478 e. The molecule has 0 unspecified atom stereocenters. The second-order valence-corrected chi connectivity index (χ2v) is 5.50. The Hall–Kier alpha value is -1.62. The average molecular weight is 265 g/mol. The van der Waals surface area contributed by atoms with E-state index in [1.807, 2.05) is 0 Å². The van der Waals surface area contributed by atoms with Crippen molar-refractivity contribution < 1.29 is 14.7 Å². The zero-order chi connectivity index (χ0) is 13.0. The number of amides is 1. The van der Waals surface area contributed by atoms with Crippen molar-refractivity contribution in [2.24, 2.45) is 5.92 Å². The highest BCUT2D eigenvalue weighted by atomic mass is 32.1. The summed E-state index contributed by atoms with van der Waals surface area (Å²) in [5.74, 6) is -0.415. The van der Waals surface area contributed by atoms with Crippen LogP contribution in [-0.4, -0.2) is 23.5 Å². The summed E-state index contributed by atoms with van der Waals surface area (Å²) in [6.07, 6.45) is 6.25. The van der Waals surface area contributed by atoms with Crippen molar-refractivity contribution >= 4 is 29.3 Å². The first-order valence-corrected chi connectivity index (χ1v) is 6.76. The van der Waals surface area contributed by atoms with Crippen LogP contribution in [0.3, 0.4) is 0 Å². The second-order valence-electron chi connectivity index (χ2n) is 4.38. The molecule has 0 radical (unpaired) electrons. The van der Waals surface area contributed by atoms with Gasteiger partial charge < -0.3 is 10.4 Å². The predicted molar refractivity (Wildman–Crippen MR) is 70.7 cm³/mol. The topological polar surface area (TPSA) is 66.4 Å². The lowest BCUT2D eigenvalue weighted by molar-refractivity contribution is -0.131. The maximum atomic E-state index is 11.8. The Morgan fingerprint density at radius 1 is 1.44 bits per heavy atom. The van der Waals surface area contributed by atoms with Gasteiger partial charge in [0.25, 0.3) is 5.91 Å². The molecule has 5 heteroatoms. The highest BCUT2D eigenvalue weighted by molar-refractivity contribution is 7.14. The van der Waals surface area contributed by atoms with Crippen LogP contribution in [-0.2, 0) is 4.79 Å². The van der Waals surface area contributed by atoms with E-state index < -0.39 is 5.97 Å². The van der Waals surface area contributed by atoms with Gasteiger partial charge in [0.05, 0.1) is 4.88 Å². The number of hydrogen-bond acceptors (Lipinski definition) is 3. The number of carbonyl (C=O) groups is 2. The molecule has 96 valence electrons. The standard InChI is InChI=1S/C13H15NO3S/c15-12(16)7-5-10-4-6-11(18-10)13(17)14-8-9-2-1-3-9/h4-7,9H,1-3,8H2,(H,14,17)(H,15,16)/b7-5+. The fourth-order valence-electron chi connectivity index (χ4n) is 1.74. The molecule has 0 aliphatic heterocycles. The van der Waals surface area contributed by atoms with Crippen LogP contribution in [0.2, 0.25) is 0 Å². The molecule has 18 heavy (non-hydrogen) atoms. The third-order valence-corrected chi connectivity index (χ3v) is 4.07. The average Bonchev–Trinajstić information content (AvgIpc) is 2.72. The summed E-state index contributed by atoms with van der Waals surface area (Å²) in [6, 6.07) is 3.48. The van der Waals surface area contributed by atoms with E-state index in [9.17, 15) is 9.59 Å². The van der Waals surface area contributed by atoms with Gasteiger partial charge >= 0.3 is 5.97 Å². The Balaban J connectivity index is 1.87. The van der Waals surface area contributed by atoms with Crippen LogP contribution in [0.25, 0.3) is 6.08 Å². The Morgan fingerprint density at radius 3 is 2.83 bits per heavy atom. The number of carboxylic acid groups (broad SMARTS) is 1. The number of thiophene rings is 1. The molecule has 2 N–H and O–H groups in total. The van der Waals surface area contributed by atoms with Gasteiger partial charge in [-0.15, -0.1) is 11.3 Å². The lowest BCUT2D eigenvalue weighted by Gasteiger charge is -2.25. The van der Waals surface area contributed by atoms with Gasteiger partial charge in [0.1, 0.15) is 0 Å². The van der Waals surface area contributed by atoms with Crippen LogP contribution in [0.15, 0.2) is 18.2 Å². The number of hydrogen-bond donors (Lipinski definition) is 2.